The van der Waals surface area contributed by atoms with E-state index in [1.54, 1.807) is 42.0 Å². The summed E-state index contributed by atoms with van der Waals surface area (Å²) in [4.78, 5) is 117. The van der Waals surface area contributed by atoms with Gasteiger partial charge in [0, 0.05) is 150 Å². The first-order valence-electron chi connectivity index (χ1n) is 32.7. The average molecular weight is 1490 g/mol. The molecule has 6 atom stereocenters. The number of imide groups is 1. The number of aryl methyl sites for hydroxylation is 1. The zero-order valence-electron chi connectivity index (χ0n) is 56.6. The number of esters is 1. The van der Waals surface area contributed by atoms with Gasteiger partial charge in [-0.3, -0.25) is 48.4 Å². The number of amides is 6. The highest BCUT2D eigenvalue weighted by Gasteiger charge is 2.40. The fourth-order valence-corrected chi connectivity index (χ4v) is 13.8. The van der Waals surface area contributed by atoms with E-state index in [-0.39, 0.29) is 98.2 Å². The number of fused-ring (bicyclic) bond motifs is 4. The maximum Gasteiger partial charge on any atom is 0.373 e. The largest absolute Gasteiger partial charge is 0.493 e. The van der Waals surface area contributed by atoms with Crippen molar-refractivity contribution in [2.24, 2.45) is 9.98 Å². The van der Waals surface area contributed by atoms with Crippen molar-refractivity contribution < 1.29 is 86.9 Å². The fraction of sp³-hybridized carbons (Fsp3) is 0.361. The van der Waals surface area contributed by atoms with Crippen molar-refractivity contribution in [3.8, 4) is 23.0 Å². The molecule has 5 N–H and O–H groups in total. The number of unbranched alkanes of at least 4 members (excludes halogenated alkanes) is 2. The molecule has 540 valence electrons. The molecule has 0 aromatic heterocycles. The van der Waals surface area contributed by atoms with E-state index in [9.17, 15) is 48.9 Å². The predicted octanol–water partition coefficient (Wildman–Crippen LogP) is 8.11. The van der Waals surface area contributed by atoms with Crippen molar-refractivity contribution >= 4 is 137 Å². The van der Waals surface area contributed by atoms with Crippen LogP contribution < -0.4 is 29.6 Å². The van der Waals surface area contributed by atoms with Gasteiger partial charge in [-0.05, 0) is 77.4 Å². The molecular weight excluding hydrogens is 1410 g/mol. The summed E-state index contributed by atoms with van der Waals surface area (Å²) in [6, 6.07) is 31.7. The van der Waals surface area contributed by atoms with Crippen LogP contribution in [-0.2, 0) is 98.7 Å². The Kier molecular flexibility index (Phi) is 32.1. The van der Waals surface area contributed by atoms with Gasteiger partial charge in [-0.2, -0.15) is 9.59 Å². The molecule has 0 spiro atoms. The Balaban J connectivity index is 0.000000257. The van der Waals surface area contributed by atoms with Crippen LogP contribution in [0.3, 0.4) is 0 Å². The second-order valence-corrected chi connectivity index (χ2v) is 28.2. The summed E-state index contributed by atoms with van der Waals surface area (Å²) in [7, 11) is 5.51. The maximum absolute atomic E-state index is 13.6. The number of methoxy groups -OCH3 is 1. The van der Waals surface area contributed by atoms with Gasteiger partial charge < -0.3 is 64.2 Å². The van der Waals surface area contributed by atoms with E-state index in [0.717, 1.165) is 39.2 Å². The molecule has 11 rings (SSSR count). The number of nitrogens with zero attached hydrogens (tertiary/aromatic N) is 5. The third kappa shape index (κ3) is 22.3. The Morgan fingerprint density at radius 3 is 1.81 bits per heavy atom. The van der Waals surface area contributed by atoms with Gasteiger partial charge in [0.2, 0.25) is 18.1 Å². The monoisotopic (exact) mass is 1490 g/mol. The van der Waals surface area contributed by atoms with Crippen molar-refractivity contribution in [3.63, 3.8) is 0 Å². The molecule has 102 heavy (non-hydrogen) atoms. The normalized spacial score (nSPS) is 18.6. The van der Waals surface area contributed by atoms with Gasteiger partial charge >= 0.3 is 12.1 Å². The van der Waals surface area contributed by atoms with E-state index in [4.69, 9.17) is 48.0 Å². The number of carbonyl (C=O) groups is 7. The standard InChI is InChI=1S/C41H36N4O5.C28H37N3O11.C2H6.CO2.S5/c1-26-16-33-35(42-22-31-17-29(24-44(31)40(33)46)27-10-5-3-6-11-27)20-37(26)49-14-9-15-50-39-21-36-34(19-38(39)48-2)41(47)45-25-30(18-32(45)23-43-36)28-12-7-4-8-13-28;1-2-25(37)40-15-17-7-8-20(42-28-27(39)26(38)19(32)16-41-28)18(14-17)30-22(34)11-12-29-21(33)6-4-3-5-13-31-23(35)9-10-24(31)36;1-2;2-1-3;1-3-5-4-2/h3-8,10-13,16,19-25,31-32H,9,14-15,17-18H2,1-2H3;7-10,14,19,26-28,32,38-39H,2-6,11-13,15-16H2,1H3,(H,29,33)(H,30,34);1-2H3;;/t31-,32-;19-,26+,27?,28+;;;/m01.../s1. The van der Waals surface area contributed by atoms with Gasteiger partial charge in [-0.1, -0.05) is 93.9 Å². The number of rotatable bonds is 24. The number of aliphatic hydroxyl groups is 3. The lowest BCUT2D eigenvalue weighted by Gasteiger charge is -2.35. The minimum atomic E-state index is -1.56. The molecule has 25 nitrogen and oxygen atoms in total. The number of aliphatic hydroxyl groups excluding tert-OH is 3. The van der Waals surface area contributed by atoms with Gasteiger partial charge in [-0.25, -0.2) is 0 Å². The summed E-state index contributed by atoms with van der Waals surface area (Å²) in [5.41, 5.74) is 8.21. The molecule has 0 saturated carbocycles. The molecular formula is C72H79N7O18S5. The molecule has 5 aromatic rings. The number of carbonyl (C=O) groups excluding carboxylic acids is 9. The third-order valence-electron chi connectivity index (χ3n) is 16.2. The Bertz CT molecular complexity index is 4120. The minimum absolute atomic E-state index is 0.0547. The second kappa shape index (κ2) is 40.9. The van der Waals surface area contributed by atoms with Crippen LogP contribution in [0.2, 0.25) is 0 Å². The first-order valence-corrected chi connectivity index (χ1v) is 38.1. The molecule has 5 aromatic carbocycles. The first kappa shape index (κ1) is 80.0. The van der Waals surface area contributed by atoms with Crippen molar-refractivity contribution in [1.29, 1.82) is 0 Å². The lowest BCUT2D eigenvalue weighted by atomic mass is 10.0. The van der Waals surface area contributed by atoms with Crippen molar-refractivity contribution in [1.82, 2.24) is 20.0 Å². The molecule has 0 bridgehead atoms. The number of hydrogen-bond donors (Lipinski definition) is 5. The van der Waals surface area contributed by atoms with Gasteiger partial charge in [0.15, 0.2) is 11.5 Å². The van der Waals surface area contributed by atoms with Crippen molar-refractivity contribution in [2.75, 3.05) is 45.3 Å². The second-order valence-electron chi connectivity index (χ2n) is 22.9. The number of nitrogens with one attached hydrogen (secondary N) is 2. The molecule has 6 aliphatic heterocycles. The first-order chi connectivity index (χ1) is 49.4. The third-order valence-corrected chi connectivity index (χ3v) is 20.6. The zero-order chi connectivity index (χ0) is 73.7. The number of anilines is 1. The topological polar surface area (TPSA) is 328 Å². The Labute approximate surface area is 608 Å². The molecule has 0 aliphatic carbocycles. The summed E-state index contributed by atoms with van der Waals surface area (Å²) in [5, 5.41) is 35.2. The zero-order valence-corrected chi connectivity index (χ0v) is 60.7. The average Bonchev–Trinajstić information content (AvgIpc) is 1.62. The Hall–Kier alpha value is -9.33. The molecule has 6 amide bonds. The summed E-state index contributed by atoms with van der Waals surface area (Å²) in [6.45, 7) is 8.38. The molecule has 1 unspecified atom stereocenters. The van der Waals surface area contributed by atoms with E-state index in [2.05, 4.69) is 57.3 Å². The highest BCUT2D eigenvalue weighted by molar-refractivity contribution is 8.59. The summed E-state index contributed by atoms with van der Waals surface area (Å²) >= 11 is 8.89. The number of benzene rings is 5. The van der Waals surface area contributed by atoms with E-state index in [0.29, 0.717) is 97.2 Å². The van der Waals surface area contributed by atoms with Crippen LogP contribution >= 0.6 is 0 Å². The number of ether oxygens (including phenoxy) is 6. The van der Waals surface area contributed by atoms with E-state index < -0.39 is 36.5 Å². The highest BCUT2D eigenvalue weighted by Crippen LogP contribution is 2.41. The molecule has 6 heterocycles. The summed E-state index contributed by atoms with van der Waals surface area (Å²) in [5.74, 6) is -0.213. The molecule has 0 radical (unpaired) electrons. The van der Waals surface area contributed by atoms with Crippen LogP contribution in [0.4, 0.5) is 17.1 Å². The van der Waals surface area contributed by atoms with Crippen LogP contribution in [0, 0.1) is 6.92 Å². The van der Waals surface area contributed by atoms with Gasteiger partial charge in [0.1, 0.15) is 36.4 Å². The molecule has 6 aliphatic rings. The molecule has 1 fully saturated rings. The smallest absolute Gasteiger partial charge is 0.373 e. The van der Waals surface area contributed by atoms with Crippen LogP contribution in [0.25, 0.3) is 11.1 Å². The Morgan fingerprint density at radius 2 is 1.25 bits per heavy atom. The highest BCUT2D eigenvalue weighted by atomic mass is 33.3. The van der Waals surface area contributed by atoms with Gasteiger partial charge in [-0.15, -0.1) is 0 Å². The van der Waals surface area contributed by atoms with Crippen LogP contribution in [0.15, 0.2) is 138 Å². The number of aliphatic imine (C=N–C) groups is 2. The lowest BCUT2D eigenvalue weighted by Crippen LogP contribution is -2.54. The van der Waals surface area contributed by atoms with Crippen molar-refractivity contribution in [2.45, 2.75) is 129 Å². The SMILES string of the molecule is CC.CCC(=O)OCc1ccc(O[C@@H]2OC[C@@H](O)[C@H](O)C2O)c(NC(=O)CCNC(=O)CCCCCN2C(=O)C=CC2=O)c1.COc1cc2c(cc1OCCCOc1cc3c(cc1C)C(=O)N1C=C(c4ccccc4)C[C@H]1C=N3)N=C[C@@H]1CC(c3ccccc3)=CN1C2=O.O=C=O.S=S=S=S=S. The lowest BCUT2D eigenvalue weighted by molar-refractivity contribution is -0.241. The van der Waals surface area contributed by atoms with E-state index in [1.165, 1.54) is 50.9 Å². The minimum Gasteiger partial charge on any atom is -0.493 e. The fourth-order valence-electron chi connectivity index (χ4n) is 11.0. The van der Waals surface area contributed by atoms with Crippen LogP contribution in [0.5, 0.6) is 23.0 Å². The van der Waals surface area contributed by atoms with E-state index >= 15 is 0 Å². The molecule has 1 saturated heterocycles. The van der Waals surface area contributed by atoms with Crippen molar-refractivity contribution in [3.05, 3.63) is 161 Å². The van der Waals surface area contributed by atoms with E-state index in [1.807, 2.05) is 94.1 Å². The predicted molar refractivity (Wildman–Crippen MR) is 393 cm³/mol. The Morgan fingerprint density at radius 1 is 0.686 bits per heavy atom. The quantitative estimate of drug-likeness (QED) is 0.0221. The summed E-state index contributed by atoms with van der Waals surface area (Å²) in [6.07, 6.45) is 8.77. The van der Waals surface area contributed by atoms with Gasteiger partial charge in [0.25, 0.3) is 23.6 Å². The maximum atomic E-state index is 13.6. The molecule has 30 heteroatoms. The summed E-state index contributed by atoms with van der Waals surface area (Å²) < 4.78 is 34.0. The van der Waals surface area contributed by atoms with Crippen LogP contribution in [-0.4, -0.2) is 167 Å². The van der Waals surface area contributed by atoms with Crippen LogP contribution in [0.1, 0.15) is 122 Å². The number of hydrogen-bond acceptors (Lipinski definition) is 22. The van der Waals surface area contributed by atoms with Gasteiger partial charge in [0.05, 0.1) is 67.2 Å².